The molecule has 3 atom stereocenters. The van der Waals surface area contributed by atoms with Gasteiger partial charge in [-0.15, -0.1) is 0 Å². The van der Waals surface area contributed by atoms with E-state index in [4.69, 9.17) is 11.6 Å². The van der Waals surface area contributed by atoms with Gasteiger partial charge in [0.2, 0.25) is 0 Å². The lowest BCUT2D eigenvalue weighted by molar-refractivity contribution is 0.473. The molecule has 2 heteroatoms. The second-order valence-electron chi connectivity index (χ2n) is 5.90. The highest BCUT2D eigenvalue weighted by Crippen LogP contribution is 2.54. The monoisotopic (exact) mass is 299 g/mol. The minimum Gasteiger partial charge on any atom is -0.310 e. The summed E-state index contributed by atoms with van der Waals surface area (Å²) in [7, 11) is 0. The third kappa shape index (κ3) is 3.48. The van der Waals surface area contributed by atoms with Gasteiger partial charge in [-0.3, -0.25) is 0 Å². The Bertz CT molecular complexity index is 564. The maximum absolute atomic E-state index is 6.02. The first-order valence-corrected chi connectivity index (χ1v) is 8.21. The third-order valence-corrected chi connectivity index (χ3v) is 4.59. The lowest BCUT2D eigenvalue weighted by Crippen LogP contribution is -2.24. The third-order valence-electron chi connectivity index (χ3n) is 4.34. The van der Waals surface area contributed by atoms with Crippen LogP contribution in [0.5, 0.6) is 0 Å². The topological polar surface area (TPSA) is 12.0 Å². The van der Waals surface area contributed by atoms with Crippen molar-refractivity contribution in [1.82, 2.24) is 5.32 Å². The van der Waals surface area contributed by atoms with Crippen molar-refractivity contribution >= 4 is 11.6 Å². The molecule has 1 aliphatic rings. The van der Waals surface area contributed by atoms with E-state index in [0.717, 1.165) is 18.0 Å². The standard InChI is InChI=1S/C19H22ClN/c1-2-12-21-19(15-8-10-16(20)11-9-15)18-13-17(18)14-6-4-3-5-7-14/h3-11,17-19,21H,2,12-13H2,1H3. The summed E-state index contributed by atoms with van der Waals surface area (Å²) >= 11 is 6.02. The van der Waals surface area contributed by atoms with Crippen LogP contribution in [0.1, 0.15) is 42.9 Å². The molecular formula is C19H22ClN. The molecule has 0 amide bonds. The van der Waals surface area contributed by atoms with Crippen LogP contribution in [-0.4, -0.2) is 6.54 Å². The van der Waals surface area contributed by atoms with Gasteiger partial charge in [0.15, 0.2) is 0 Å². The lowest BCUT2D eigenvalue weighted by Gasteiger charge is -2.19. The first-order valence-electron chi connectivity index (χ1n) is 7.83. The van der Waals surface area contributed by atoms with Crippen molar-refractivity contribution in [3.63, 3.8) is 0 Å². The molecule has 1 nitrogen and oxygen atoms in total. The van der Waals surface area contributed by atoms with Crippen molar-refractivity contribution in [1.29, 1.82) is 0 Å². The molecule has 3 unspecified atom stereocenters. The quantitative estimate of drug-likeness (QED) is 0.774. The molecule has 1 aliphatic carbocycles. The maximum atomic E-state index is 6.02. The van der Waals surface area contributed by atoms with Gasteiger partial charge in [-0.05, 0) is 54.5 Å². The highest BCUT2D eigenvalue weighted by molar-refractivity contribution is 6.30. The summed E-state index contributed by atoms with van der Waals surface area (Å²) in [5.74, 6) is 1.39. The fourth-order valence-electron chi connectivity index (χ4n) is 3.15. The van der Waals surface area contributed by atoms with E-state index in [0.29, 0.717) is 17.9 Å². The Morgan fingerprint density at radius 2 is 1.81 bits per heavy atom. The van der Waals surface area contributed by atoms with Gasteiger partial charge in [-0.2, -0.15) is 0 Å². The van der Waals surface area contributed by atoms with Gasteiger partial charge in [-0.25, -0.2) is 0 Å². The predicted octanol–water partition coefficient (Wildman–Crippen LogP) is 5.18. The molecule has 21 heavy (non-hydrogen) atoms. The summed E-state index contributed by atoms with van der Waals surface area (Å²) in [6.07, 6.45) is 2.43. The van der Waals surface area contributed by atoms with E-state index in [1.807, 2.05) is 12.1 Å². The molecule has 0 saturated heterocycles. The molecule has 2 aromatic carbocycles. The van der Waals surface area contributed by atoms with Crippen LogP contribution in [0.25, 0.3) is 0 Å². The molecule has 3 rings (SSSR count). The van der Waals surface area contributed by atoms with E-state index in [2.05, 4.69) is 54.7 Å². The first-order chi connectivity index (χ1) is 10.3. The molecule has 0 aliphatic heterocycles. The van der Waals surface area contributed by atoms with Crippen LogP contribution >= 0.6 is 11.6 Å². The van der Waals surface area contributed by atoms with E-state index < -0.39 is 0 Å². The average Bonchev–Trinajstić information content (AvgIpc) is 3.31. The molecule has 1 saturated carbocycles. The van der Waals surface area contributed by atoms with E-state index in [9.17, 15) is 0 Å². The van der Waals surface area contributed by atoms with E-state index in [1.54, 1.807) is 0 Å². The highest BCUT2D eigenvalue weighted by Gasteiger charge is 2.43. The number of halogens is 1. The summed E-state index contributed by atoms with van der Waals surface area (Å²) in [6.45, 7) is 3.28. The minimum atomic E-state index is 0.437. The van der Waals surface area contributed by atoms with Crippen LogP contribution in [-0.2, 0) is 0 Å². The van der Waals surface area contributed by atoms with Crippen molar-refractivity contribution in [2.75, 3.05) is 6.54 Å². The Morgan fingerprint density at radius 3 is 2.48 bits per heavy atom. The molecule has 0 heterocycles. The average molecular weight is 300 g/mol. The van der Waals surface area contributed by atoms with Crippen molar-refractivity contribution < 1.29 is 0 Å². The number of hydrogen-bond acceptors (Lipinski definition) is 1. The number of benzene rings is 2. The Hall–Kier alpha value is -1.31. The van der Waals surface area contributed by atoms with Gasteiger partial charge in [0.1, 0.15) is 0 Å². The molecule has 110 valence electrons. The van der Waals surface area contributed by atoms with Crippen LogP contribution in [0.4, 0.5) is 0 Å². The van der Waals surface area contributed by atoms with Crippen LogP contribution in [0.3, 0.4) is 0 Å². The zero-order valence-corrected chi connectivity index (χ0v) is 13.2. The summed E-state index contributed by atoms with van der Waals surface area (Å²) in [5.41, 5.74) is 2.83. The number of nitrogens with one attached hydrogen (secondary N) is 1. The largest absolute Gasteiger partial charge is 0.310 e. The second-order valence-corrected chi connectivity index (χ2v) is 6.34. The Kier molecular flexibility index (Phi) is 4.62. The first kappa shape index (κ1) is 14.6. The van der Waals surface area contributed by atoms with Crippen molar-refractivity contribution in [2.24, 2.45) is 5.92 Å². The molecule has 0 aromatic heterocycles. The fourth-order valence-corrected chi connectivity index (χ4v) is 3.28. The lowest BCUT2D eigenvalue weighted by atomic mass is 9.98. The molecule has 0 spiro atoms. The minimum absolute atomic E-state index is 0.437. The normalized spacial score (nSPS) is 22.0. The molecular weight excluding hydrogens is 278 g/mol. The number of hydrogen-bond donors (Lipinski definition) is 1. The Labute approximate surface area is 132 Å². The molecule has 2 aromatic rings. The fraction of sp³-hybridized carbons (Fsp3) is 0.368. The summed E-state index contributed by atoms with van der Waals surface area (Å²) in [6, 6.07) is 19.6. The van der Waals surface area contributed by atoms with E-state index in [-0.39, 0.29) is 0 Å². The van der Waals surface area contributed by atoms with Crippen molar-refractivity contribution in [2.45, 2.75) is 31.7 Å². The van der Waals surface area contributed by atoms with E-state index in [1.165, 1.54) is 17.5 Å². The van der Waals surface area contributed by atoms with Gasteiger partial charge < -0.3 is 5.32 Å². The molecule has 0 bridgehead atoms. The SMILES string of the molecule is CCCNC(c1ccc(Cl)cc1)C1CC1c1ccccc1. The van der Waals surface area contributed by atoms with Crippen LogP contribution < -0.4 is 5.32 Å². The predicted molar refractivity (Wildman–Crippen MR) is 89.8 cm³/mol. The summed E-state index contributed by atoms with van der Waals surface area (Å²) in [4.78, 5) is 0. The Morgan fingerprint density at radius 1 is 1.10 bits per heavy atom. The molecule has 0 radical (unpaired) electrons. The van der Waals surface area contributed by atoms with Gasteiger partial charge in [-0.1, -0.05) is 61.0 Å². The van der Waals surface area contributed by atoms with Crippen LogP contribution in [0, 0.1) is 5.92 Å². The van der Waals surface area contributed by atoms with Gasteiger partial charge in [0.05, 0.1) is 0 Å². The van der Waals surface area contributed by atoms with Crippen molar-refractivity contribution in [3.8, 4) is 0 Å². The Balaban J connectivity index is 1.76. The summed E-state index contributed by atoms with van der Waals surface area (Å²) < 4.78 is 0. The smallest absolute Gasteiger partial charge is 0.0406 e. The molecule has 1 fully saturated rings. The van der Waals surface area contributed by atoms with Gasteiger partial charge >= 0.3 is 0 Å². The zero-order valence-electron chi connectivity index (χ0n) is 12.4. The van der Waals surface area contributed by atoms with Crippen LogP contribution in [0.15, 0.2) is 54.6 Å². The van der Waals surface area contributed by atoms with Crippen LogP contribution in [0.2, 0.25) is 5.02 Å². The molecule has 1 N–H and O–H groups in total. The maximum Gasteiger partial charge on any atom is 0.0406 e. The number of rotatable bonds is 6. The zero-order chi connectivity index (χ0) is 14.7. The van der Waals surface area contributed by atoms with Gasteiger partial charge in [0.25, 0.3) is 0 Å². The second kappa shape index (κ2) is 6.64. The van der Waals surface area contributed by atoms with E-state index >= 15 is 0 Å². The van der Waals surface area contributed by atoms with Gasteiger partial charge in [0, 0.05) is 11.1 Å². The highest BCUT2D eigenvalue weighted by atomic mass is 35.5. The summed E-state index contributed by atoms with van der Waals surface area (Å²) in [5, 5.41) is 4.53. The van der Waals surface area contributed by atoms with Crippen molar-refractivity contribution in [3.05, 3.63) is 70.7 Å².